The minimum Gasteiger partial charge on any atom is -0.493 e. The summed E-state index contributed by atoms with van der Waals surface area (Å²) in [6.07, 6.45) is 1.99. The summed E-state index contributed by atoms with van der Waals surface area (Å²) in [5, 5.41) is 0. The summed E-state index contributed by atoms with van der Waals surface area (Å²) in [5.74, 6) is 1.29. The van der Waals surface area contributed by atoms with Gasteiger partial charge in [0.05, 0.1) is 19.9 Å². The van der Waals surface area contributed by atoms with Gasteiger partial charge in [-0.2, -0.15) is 0 Å². The maximum atomic E-state index is 6.02. The van der Waals surface area contributed by atoms with E-state index in [-0.39, 0.29) is 0 Å². The van der Waals surface area contributed by atoms with E-state index in [2.05, 4.69) is 36.2 Å². The molecular weight excluding hydrogens is 276 g/mol. The number of rotatable bonds is 7. The molecule has 0 atom stereocenters. The van der Waals surface area contributed by atoms with Crippen molar-refractivity contribution >= 4 is 11.4 Å². The van der Waals surface area contributed by atoms with Crippen molar-refractivity contribution in [2.24, 2.45) is 0 Å². The summed E-state index contributed by atoms with van der Waals surface area (Å²) in [6.45, 7) is 0.984. The monoisotopic (exact) mass is 300 g/mol. The molecule has 118 valence electrons. The van der Waals surface area contributed by atoms with Crippen molar-refractivity contribution in [3.63, 3.8) is 0 Å². The molecule has 2 rings (SSSR count). The molecule has 0 aromatic heterocycles. The summed E-state index contributed by atoms with van der Waals surface area (Å²) in [6, 6.07) is 14.3. The Kier molecular flexibility index (Phi) is 5.53. The Morgan fingerprint density at radius 3 is 2.41 bits per heavy atom. The normalized spacial score (nSPS) is 10.3. The van der Waals surface area contributed by atoms with Crippen LogP contribution in [0.25, 0.3) is 0 Å². The molecule has 0 saturated carbocycles. The van der Waals surface area contributed by atoms with Gasteiger partial charge in [-0.1, -0.05) is 18.2 Å². The number of aryl methyl sites for hydroxylation is 1. The number of hydrogen-bond acceptors (Lipinski definition) is 4. The predicted octanol–water partition coefficient (Wildman–Crippen LogP) is 3.36. The largest absolute Gasteiger partial charge is 0.493 e. The number of nitrogens with two attached hydrogens (primary N) is 1. The van der Waals surface area contributed by atoms with E-state index in [1.165, 1.54) is 5.69 Å². The lowest BCUT2D eigenvalue weighted by molar-refractivity contribution is 0.356. The molecule has 0 amide bonds. The molecule has 0 unspecified atom stereocenters. The van der Waals surface area contributed by atoms with E-state index in [0.29, 0.717) is 17.2 Å². The van der Waals surface area contributed by atoms with Crippen molar-refractivity contribution in [1.29, 1.82) is 0 Å². The van der Waals surface area contributed by atoms with Crippen molar-refractivity contribution in [2.45, 2.75) is 12.8 Å². The van der Waals surface area contributed by atoms with Crippen LogP contribution in [-0.2, 0) is 6.42 Å². The first-order chi connectivity index (χ1) is 10.7. The van der Waals surface area contributed by atoms with Gasteiger partial charge in [0, 0.05) is 19.3 Å². The molecule has 0 aliphatic carbocycles. The first kappa shape index (κ1) is 16.0. The average molecular weight is 300 g/mol. The van der Waals surface area contributed by atoms with Crippen LogP contribution in [-0.4, -0.2) is 27.8 Å². The zero-order chi connectivity index (χ0) is 15.9. The SMILES string of the molecule is COc1cc(CCCN(C)c2ccccc2)cc(N)c1OC. The second-order valence-corrected chi connectivity index (χ2v) is 5.28. The Morgan fingerprint density at radius 1 is 1.05 bits per heavy atom. The molecule has 0 fully saturated rings. The molecule has 0 spiro atoms. The number of hydrogen-bond donors (Lipinski definition) is 1. The highest BCUT2D eigenvalue weighted by Crippen LogP contribution is 2.34. The lowest BCUT2D eigenvalue weighted by atomic mass is 10.1. The summed E-state index contributed by atoms with van der Waals surface area (Å²) in [4.78, 5) is 2.25. The molecule has 2 N–H and O–H groups in total. The van der Waals surface area contributed by atoms with Gasteiger partial charge in [-0.3, -0.25) is 0 Å². The standard InChI is InChI=1S/C18H24N2O2/c1-20(15-9-5-4-6-10-15)11-7-8-14-12-16(19)18(22-3)17(13-14)21-2/h4-6,9-10,12-13H,7-8,11,19H2,1-3H3. The molecule has 4 heteroatoms. The Morgan fingerprint density at radius 2 is 1.77 bits per heavy atom. The van der Waals surface area contributed by atoms with Crippen molar-refractivity contribution in [2.75, 3.05) is 38.4 Å². The summed E-state index contributed by atoms with van der Waals surface area (Å²) in [5.41, 5.74) is 9.03. The fourth-order valence-electron chi connectivity index (χ4n) is 2.53. The molecule has 0 saturated heterocycles. The zero-order valence-electron chi connectivity index (χ0n) is 13.5. The topological polar surface area (TPSA) is 47.7 Å². The van der Waals surface area contributed by atoms with Crippen LogP contribution in [0.1, 0.15) is 12.0 Å². The van der Waals surface area contributed by atoms with E-state index in [9.17, 15) is 0 Å². The van der Waals surface area contributed by atoms with Crippen LogP contribution in [0.2, 0.25) is 0 Å². The van der Waals surface area contributed by atoms with Crippen molar-refractivity contribution in [1.82, 2.24) is 0 Å². The highest BCUT2D eigenvalue weighted by Gasteiger charge is 2.10. The maximum Gasteiger partial charge on any atom is 0.183 e. The van der Waals surface area contributed by atoms with E-state index < -0.39 is 0 Å². The molecule has 4 nitrogen and oxygen atoms in total. The maximum absolute atomic E-state index is 6.02. The van der Waals surface area contributed by atoms with E-state index in [0.717, 1.165) is 24.9 Å². The Bertz CT molecular complexity index is 600. The molecule has 0 aliphatic rings. The van der Waals surface area contributed by atoms with Gasteiger partial charge >= 0.3 is 0 Å². The van der Waals surface area contributed by atoms with Gasteiger partial charge in [0.2, 0.25) is 0 Å². The number of benzene rings is 2. The van der Waals surface area contributed by atoms with Crippen LogP contribution in [0.3, 0.4) is 0 Å². The van der Waals surface area contributed by atoms with Gasteiger partial charge in [-0.15, -0.1) is 0 Å². The molecule has 2 aromatic carbocycles. The van der Waals surface area contributed by atoms with Gasteiger partial charge in [0.1, 0.15) is 0 Å². The quantitative estimate of drug-likeness (QED) is 0.797. The highest BCUT2D eigenvalue weighted by atomic mass is 16.5. The van der Waals surface area contributed by atoms with Gasteiger partial charge in [-0.25, -0.2) is 0 Å². The van der Waals surface area contributed by atoms with E-state index in [4.69, 9.17) is 15.2 Å². The minimum absolute atomic E-state index is 0.604. The summed E-state index contributed by atoms with van der Waals surface area (Å²) < 4.78 is 10.6. The van der Waals surface area contributed by atoms with Crippen LogP contribution < -0.4 is 20.1 Å². The van der Waals surface area contributed by atoms with Crippen LogP contribution in [0.5, 0.6) is 11.5 Å². The Hall–Kier alpha value is -2.36. The lowest BCUT2D eigenvalue weighted by Crippen LogP contribution is -2.18. The minimum atomic E-state index is 0.604. The van der Waals surface area contributed by atoms with E-state index in [1.54, 1.807) is 14.2 Å². The van der Waals surface area contributed by atoms with Crippen molar-refractivity contribution < 1.29 is 9.47 Å². The smallest absolute Gasteiger partial charge is 0.183 e. The van der Waals surface area contributed by atoms with Crippen LogP contribution >= 0.6 is 0 Å². The predicted molar refractivity (Wildman–Crippen MR) is 92.0 cm³/mol. The molecule has 0 heterocycles. The van der Waals surface area contributed by atoms with Crippen molar-refractivity contribution in [3.8, 4) is 11.5 Å². The highest BCUT2D eigenvalue weighted by molar-refractivity contribution is 5.62. The Balaban J connectivity index is 1.96. The number of nitrogens with zero attached hydrogens (tertiary/aromatic N) is 1. The number of anilines is 2. The van der Waals surface area contributed by atoms with Crippen LogP contribution in [0.15, 0.2) is 42.5 Å². The molecule has 2 aromatic rings. The molecule has 0 radical (unpaired) electrons. The second-order valence-electron chi connectivity index (χ2n) is 5.28. The third-order valence-electron chi connectivity index (χ3n) is 3.72. The van der Waals surface area contributed by atoms with Gasteiger partial charge in [0.25, 0.3) is 0 Å². The zero-order valence-corrected chi connectivity index (χ0v) is 13.5. The van der Waals surface area contributed by atoms with E-state index >= 15 is 0 Å². The van der Waals surface area contributed by atoms with Gasteiger partial charge in [-0.05, 0) is 42.7 Å². The van der Waals surface area contributed by atoms with Gasteiger partial charge < -0.3 is 20.1 Å². The Labute approximate surface area is 132 Å². The molecular formula is C18H24N2O2. The number of methoxy groups -OCH3 is 2. The fraction of sp³-hybridized carbons (Fsp3) is 0.333. The van der Waals surface area contributed by atoms with Gasteiger partial charge in [0.15, 0.2) is 11.5 Å². The number of para-hydroxylation sites is 1. The van der Waals surface area contributed by atoms with Crippen LogP contribution in [0.4, 0.5) is 11.4 Å². The number of nitrogen functional groups attached to an aromatic ring is 1. The van der Waals surface area contributed by atoms with Crippen molar-refractivity contribution in [3.05, 3.63) is 48.0 Å². The first-order valence-corrected chi connectivity index (χ1v) is 7.42. The molecule has 0 aliphatic heterocycles. The summed E-state index contributed by atoms with van der Waals surface area (Å²) in [7, 11) is 5.34. The fourth-order valence-corrected chi connectivity index (χ4v) is 2.53. The summed E-state index contributed by atoms with van der Waals surface area (Å²) >= 11 is 0. The third kappa shape index (κ3) is 3.85. The first-order valence-electron chi connectivity index (χ1n) is 7.42. The van der Waals surface area contributed by atoms with Crippen LogP contribution in [0, 0.1) is 0 Å². The third-order valence-corrected chi connectivity index (χ3v) is 3.72. The second kappa shape index (κ2) is 7.59. The number of ether oxygens (including phenoxy) is 2. The average Bonchev–Trinajstić information content (AvgIpc) is 2.55. The molecule has 22 heavy (non-hydrogen) atoms. The molecule has 0 bridgehead atoms. The van der Waals surface area contributed by atoms with E-state index in [1.807, 2.05) is 18.2 Å². The lowest BCUT2D eigenvalue weighted by Gasteiger charge is -2.19.